The van der Waals surface area contributed by atoms with Crippen molar-refractivity contribution in [2.75, 3.05) is 18.4 Å². The van der Waals surface area contributed by atoms with Crippen LogP contribution in [-0.2, 0) is 14.8 Å². The summed E-state index contributed by atoms with van der Waals surface area (Å²) < 4.78 is 34.2. The van der Waals surface area contributed by atoms with Gasteiger partial charge in [-0.3, -0.25) is 4.79 Å². The van der Waals surface area contributed by atoms with Gasteiger partial charge >= 0.3 is 0 Å². The van der Waals surface area contributed by atoms with Gasteiger partial charge in [0.25, 0.3) is 0 Å². The Hall–Kier alpha value is -3.23. The van der Waals surface area contributed by atoms with Crippen LogP contribution < -0.4 is 5.32 Å². The second-order valence-electron chi connectivity index (χ2n) is 10.5. The fourth-order valence-corrected chi connectivity index (χ4v) is 7.22. The lowest BCUT2D eigenvalue weighted by Crippen LogP contribution is -2.41. The second kappa shape index (κ2) is 10.9. The number of benzene rings is 2. The van der Waals surface area contributed by atoms with Crippen LogP contribution in [0.1, 0.15) is 63.2 Å². The number of nitrogens with one attached hydrogen (secondary N) is 1. The third kappa shape index (κ3) is 5.61. The molecule has 0 radical (unpaired) electrons. The molecule has 202 valence electrons. The van der Waals surface area contributed by atoms with Crippen molar-refractivity contribution in [2.45, 2.75) is 66.2 Å². The lowest BCUT2D eigenvalue weighted by molar-refractivity contribution is -0.120. The number of aryl methyl sites for hydroxylation is 7. The van der Waals surface area contributed by atoms with Gasteiger partial charge in [-0.1, -0.05) is 46.6 Å². The smallest absolute Gasteiger partial charge is 0.248 e. The van der Waals surface area contributed by atoms with Crippen molar-refractivity contribution in [3.05, 3.63) is 74.7 Å². The van der Waals surface area contributed by atoms with Crippen LogP contribution in [0.25, 0.3) is 12.2 Å². The molecule has 0 bridgehead atoms. The van der Waals surface area contributed by atoms with Gasteiger partial charge in [0, 0.05) is 24.7 Å². The number of sulfonamides is 1. The Morgan fingerprint density at radius 3 is 1.97 bits per heavy atom. The standard InChI is InChI=1S/C30H37N3O4S/c1-18-14-20(3)26(21(4)15-18)8-9-27-29(24(7)32-37-27)38(35,36)33-12-10-25(11-13-33)30(34)31-28-22(5)16-19(2)17-23(28)6/h8-9,14-17,25H,10-13H2,1-7H3,(H,31,34)/b9-8+. The molecule has 4 rings (SSSR count). The topological polar surface area (TPSA) is 92.5 Å². The number of piperidine rings is 1. The Morgan fingerprint density at radius 1 is 0.895 bits per heavy atom. The van der Waals surface area contributed by atoms with Gasteiger partial charge in [-0.15, -0.1) is 0 Å². The molecule has 1 aliphatic rings. The van der Waals surface area contributed by atoms with Crippen molar-refractivity contribution in [1.29, 1.82) is 0 Å². The minimum Gasteiger partial charge on any atom is -0.355 e. The first-order chi connectivity index (χ1) is 17.9. The first-order valence-corrected chi connectivity index (χ1v) is 14.4. The molecule has 0 aliphatic carbocycles. The van der Waals surface area contributed by atoms with E-state index < -0.39 is 10.0 Å². The lowest BCUT2D eigenvalue weighted by Gasteiger charge is -2.30. The van der Waals surface area contributed by atoms with E-state index in [2.05, 4.69) is 29.5 Å². The zero-order chi connectivity index (χ0) is 27.8. The normalized spacial score (nSPS) is 15.3. The number of anilines is 1. The highest BCUT2D eigenvalue weighted by molar-refractivity contribution is 7.89. The summed E-state index contributed by atoms with van der Waals surface area (Å²) in [5.74, 6) is -0.102. The molecule has 7 nitrogen and oxygen atoms in total. The summed E-state index contributed by atoms with van der Waals surface area (Å²) in [6.45, 7) is 14.3. The van der Waals surface area contributed by atoms with E-state index in [-0.39, 0.29) is 35.6 Å². The molecular formula is C30H37N3O4S. The number of rotatable bonds is 6. The lowest BCUT2D eigenvalue weighted by atomic mass is 9.96. The van der Waals surface area contributed by atoms with E-state index in [1.165, 1.54) is 9.87 Å². The van der Waals surface area contributed by atoms with Gasteiger partial charge in [0.15, 0.2) is 10.7 Å². The van der Waals surface area contributed by atoms with Crippen LogP contribution in [0.4, 0.5) is 5.69 Å². The summed E-state index contributed by atoms with van der Waals surface area (Å²) in [7, 11) is -3.84. The summed E-state index contributed by atoms with van der Waals surface area (Å²) in [6, 6.07) is 8.29. The van der Waals surface area contributed by atoms with Crippen molar-refractivity contribution in [3.63, 3.8) is 0 Å². The van der Waals surface area contributed by atoms with Crippen LogP contribution in [-0.4, -0.2) is 36.9 Å². The molecular weight excluding hydrogens is 498 g/mol. The highest BCUT2D eigenvalue weighted by atomic mass is 32.2. The molecule has 1 fully saturated rings. The van der Waals surface area contributed by atoms with Crippen molar-refractivity contribution in [3.8, 4) is 0 Å². The van der Waals surface area contributed by atoms with Gasteiger partial charge in [0.05, 0.1) is 0 Å². The first kappa shape index (κ1) is 27.8. The summed E-state index contributed by atoms with van der Waals surface area (Å²) in [5.41, 5.74) is 8.78. The van der Waals surface area contributed by atoms with E-state index in [1.807, 2.05) is 52.8 Å². The average Bonchev–Trinajstić information content (AvgIpc) is 3.21. The average molecular weight is 536 g/mol. The molecule has 3 aromatic rings. The zero-order valence-electron chi connectivity index (χ0n) is 23.3. The second-order valence-corrected chi connectivity index (χ2v) is 12.4. The van der Waals surface area contributed by atoms with E-state index in [9.17, 15) is 13.2 Å². The predicted octanol–water partition coefficient (Wildman–Crippen LogP) is 6.04. The predicted molar refractivity (Wildman–Crippen MR) is 152 cm³/mol. The highest BCUT2D eigenvalue weighted by Crippen LogP contribution is 2.31. The van der Waals surface area contributed by atoms with Crippen LogP contribution in [0.15, 0.2) is 33.7 Å². The molecule has 2 aromatic carbocycles. The van der Waals surface area contributed by atoms with Gasteiger partial charge in [0.2, 0.25) is 15.9 Å². The largest absolute Gasteiger partial charge is 0.355 e. The van der Waals surface area contributed by atoms with Crippen LogP contribution >= 0.6 is 0 Å². The van der Waals surface area contributed by atoms with Crippen LogP contribution in [0.2, 0.25) is 0 Å². The zero-order valence-corrected chi connectivity index (χ0v) is 24.1. The molecule has 1 saturated heterocycles. The van der Waals surface area contributed by atoms with E-state index in [0.29, 0.717) is 18.5 Å². The number of carbonyl (C=O) groups is 1. The third-order valence-corrected chi connectivity index (χ3v) is 9.38. The van der Waals surface area contributed by atoms with E-state index in [0.717, 1.165) is 39.1 Å². The summed E-state index contributed by atoms with van der Waals surface area (Å²) in [5, 5.41) is 7.04. The monoisotopic (exact) mass is 535 g/mol. The molecule has 38 heavy (non-hydrogen) atoms. The quantitative estimate of drug-likeness (QED) is 0.415. The Kier molecular flexibility index (Phi) is 7.95. The van der Waals surface area contributed by atoms with Crippen molar-refractivity contribution in [1.82, 2.24) is 9.46 Å². The number of amides is 1. The van der Waals surface area contributed by atoms with Gasteiger partial charge in [-0.25, -0.2) is 8.42 Å². The van der Waals surface area contributed by atoms with Crippen molar-refractivity contribution >= 4 is 33.8 Å². The Labute approximate surface area is 226 Å². The van der Waals surface area contributed by atoms with Crippen LogP contribution in [0.5, 0.6) is 0 Å². The molecule has 0 saturated carbocycles. The molecule has 2 heterocycles. The summed E-state index contributed by atoms with van der Waals surface area (Å²) >= 11 is 0. The van der Waals surface area contributed by atoms with Crippen LogP contribution in [0.3, 0.4) is 0 Å². The number of hydrogen-bond donors (Lipinski definition) is 1. The molecule has 1 aromatic heterocycles. The Bertz CT molecular complexity index is 1460. The fraction of sp³-hybridized carbons (Fsp3) is 0.400. The maximum Gasteiger partial charge on any atom is 0.248 e. The molecule has 1 aliphatic heterocycles. The third-order valence-electron chi connectivity index (χ3n) is 7.32. The number of aromatic nitrogens is 1. The van der Waals surface area contributed by atoms with Crippen LogP contribution in [0, 0.1) is 54.4 Å². The number of carbonyl (C=O) groups excluding carboxylic acids is 1. The van der Waals surface area contributed by atoms with Crippen molar-refractivity contribution < 1.29 is 17.7 Å². The van der Waals surface area contributed by atoms with Gasteiger partial charge in [-0.05, 0) is 95.2 Å². The van der Waals surface area contributed by atoms with E-state index in [4.69, 9.17) is 4.52 Å². The molecule has 0 spiro atoms. The Morgan fingerprint density at radius 2 is 1.42 bits per heavy atom. The molecule has 1 amide bonds. The van der Waals surface area contributed by atoms with E-state index >= 15 is 0 Å². The summed E-state index contributed by atoms with van der Waals surface area (Å²) in [6.07, 6.45) is 4.47. The van der Waals surface area contributed by atoms with Gasteiger partial charge in [-0.2, -0.15) is 4.31 Å². The maximum atomic E-state index is 13.7. The number of nitrogens with zero attached hydrogens (tertiary/aromatic N) is 2. The minimum atomic E-state index is -3.84. The molecule has 1 N–H and O–H groups in total. The molecule has 0 unspecified atom stereocenters. The SMILES string of the molecule is Cc1cc(C)c(/C=C/c2onc(C)c2S(=O)(=O)N2CCC(C(=O)Nc3c(C)cc(C)cc3C)CC2)c(C)c1. The van der Waals surface area contributed by atoms with E-state index in [1.54, 1.807) is 13.0 Å². The Balaban J connectivity index is 1.49. The molecule has 8 heteroatoms. The fourth-order valence-electron chi connectivity index (χ4n) is 5.50. The molecule has 0 atom stereocenters. The maximum absolute atomic E-state index is 13.7. The summed E-state index contributed by atoms with van der Waals surface area (Å²) in [4.78, 5) is 13.1. The number of hydrogen-bond acceptors (Lipinski definition) is 5. The highest BCUT2D eigenvalue weighted by Gasteiger charge is 2.36. The minimum absolute atomic E-state index is 0.0641. The van der Waals surface area contributed by atoms with Gasteiger partial charge in [0.1, 0.15) is 5.69 Å². The van der Waals surface area contributed by atoms with Gasteiger partial charge < -0.3 is 9.84 Å². The van der Waals surface area contributed by atoms with Crippen molar-refractivity contribution in [2.24, 2.45) is 5.92 Å². The first-order valence-electron chi connectivity index (χ1n) is 13.0.